The summed E-state index contributed by atoms with van der Waals surface area (Å²) >= 11 is 0. The third-order valence-corrected chi connectivity index (χ3v) is 4.48. The molecule has 1 heteroatoms. The fraction of sp³-hybridized carbons (Fsp3) is 1.00. The van der Waals surface area contributed by atoms with Gasteiger partial charge in [0.15, 0.2) is 0 Å². The molecule has 2 atom stereocenters. The summed E-state index contributed by atoms with van der Waals surface area (Å²) in [7, 11) is 6.56. The Bertz CT molecular complexity index is 198. The third kappa shape index (κ3) is 4.15. The van der Waals surface area contributed by atoms with Gasteiger partial charge in [0, 0.05) is 0 Å². The highest BCUT2D eigenvalue weighted by Crippen LogP contribution is 2.45. The highest BCUT2D eigenvalue weighted by Gasteiger charge is 2.29. The summed E-state index contributed by atoms with van der Waals surface area (Å²) < 4.78 is 0. The molecule has 2 unspecified atom stereocenters. The second-order valence-corrected chi connectivity index (χ2v) is 6.67. The second kappa shape index (κ2) is 6.12. The van der Waals surface area contributed by atoms with Gasteiger partial charge in [0.05, 0.1) is 7.85 Å². The lowest BCUT2D eigenvalue weighted by molar-refractivity contribution is 0.255. The Morgan fingerprint density at radius 1 is 1.06 bits per heavy atom. The van der Waals surface area contributed by atoms with Crippen molar-refractivity contribution in [3.63, 3.8) is 0 Å². The van der Waals surface area contributed by atoms with Crippen LogP contribution in [-0.4, -0.2) is 7.85 Å². The molecule has 1 aliphatic rings. The summed E-state index contributed by atoms with van der Waals surface area (Å²) in [4.78, 5) is 0. The minimum atomic E-state index is 0.121. The van der Waals surface area contributed by atoms with E-state index in [4.69, 9.17) is 7.85 Å². The average molecular weight is 220 g/mol. The van der Waals surface area contributed by atoms with E-state index in [1.807, 2.05) is 0 Å². The van der Waals surface area contributed by atoms with Crippen LogP contribution in [0.2, 0.25) is 5.31 Å². The molecule has 1 rings (SSSR count). The lowest BCUT2D eigenvalue weighted by Crippen LogP contribution is -2.23. The van der Waals surface area contributed by atoms with E-state index in [1.165, 1.54) is 44.9 Å². The van der Waals surface area contributed by atoms with E-state index in [9.17, 15) is 0 Å². The number of hydrogen-bond acceptors (Lipinski definition) is 0. The van der Waals surface area contributed by atoms with Crippen LogP contribution in [0.1, 0.15) is 72.6 Å². The number of rotatable bonds is 3. The zero-order valence-corrected chi connectivity index (χ0v) is 11.8. The molecule has 0 nitrogen and oxygen atoms in total. The molecule has 0 aromatic carbocycles. The van der Waals surface area contributed by atoms with E-state index in [1.54, 1.807) is 0 Å². The van der Waals surface area contributed by atoms with E-state index in [0.29, 0.717) is 5.92 Å². The zero-order valence-electron chi connectivity index (χ0n) is 11.8. The summed E-state index contributed by atoms with van der Waals surface area (Å²) in [6, 6.07) is 0. The summed E-state index contributed by atoms with van der Waals surface area (Å²) in [6.45, 7) is 9.27. The van der Waals surface area contributed by atoms with Gasteiger partial charge in [-0.2, -0.15) is 0 Å². The van der Waals surface area contributed by atoms with Crippen molar-refractivity contribution in [2.75, 3.05) is 0 Å². The van der Waals surface area contributed by atoms with Gasteiger partial charge in [-0.3, -0.25) is 0 Å². The monoisotopic (exact) mass is 220 g/mol. The SMILES string of the molecule is [B]C1(C(C)C)CCCCC(CC(C)C)CC1. The van der Waals surface area contributed by atoms with Crippen LogP contribution in [0.5, 0.6) is 0 Å². The molecular formula is C15H29B. The first-order valence-electron chi connectivity index (χ1n) is 7.23. The van der Waals surface area contributed by atoms with Crippen LogP contribution in [0.3, 0.4) is 0 Å². The van der Waals surface area contributed by atoms with E-state index in [-0.39, 0.29) is 5.31 Å². The van der Waals surface area contributed by atoms with Gasteiger partial charge >= 0.3 is 0 Å². The van der Waals surface area contributed by atoms with Crippen molar-refractivity contribution in [1.82, 2.24) is 0 Å². The highest BCUT2D eigenvalue weighted by atomic mass is 14.3. The Balaban J connectivity index is 2.52. The van der Waals surface area contributed by atoms with E-state index in [2.05, 4.69) is 27.7 Å². The normalized spacial score (nSPS) is 32.8. The summed E-state index contributed by atoms with van der Waals surface area (Å²) in [5.41, 5.74) is 0. The molecule has 0 aliphatic heterocycles. The van der Waals surface area contributed by atoms with Gasteiger partial charge in [0.2, 0.25) is 0 Å². The highest BCUT2D eigenvalue weighted by molar-refractivity contribution is 6.15. The number of hydrogen-bond donors (Lipinski definition) is 0. The average Bonchev–Trinajstić information content (AvgIpc) is 2.16. The smallest absolute Gasteiger partial charge is 0.0638 e. The molecule has 1 saturated carbocycles. The molecule has 1 fully saturated rings. The molecule has 0 amide bonds. The molecule has 0 aromatic rings. The van der Waals surface area contributed by atoms with E-state index >= 15 is 0 Å². The van der Waals surface area contributed by atoms with E-state index in [0.717, 1.165) is 11.8 Å². The minimum Gasteiger partial charge on any atom is -0.0638 e. The molecule has 2 radical (unpaired) electrons. The van der Waals surface area contributed by atoms with E-state index < -0.39 is 0 Å². The topological polar surface area (TPSA) is 0 Å². The van der Waals surface area contributed by atoms with Crippen LogP contribution < -0.4 is 0 Å². The maximum Gasteiger partial charge on any atom is 0.0749 e. The maximum atomic E-state index is 6.56. The predicted molar refractivity (Wildman–Crippen MR) is 73.9 cm³/mol. The van der Waals surface area contributed by atoms with Crippen LogP contribution in [0, 0.1) is 17.8 Å². The lowest BCUT2D eigenvalue weighted by Gasteiger charge is -2.38. The fourth-order valence-electron chi connectivity index (χ4n) is 3.11. The van der Waals surface area contributed by atoms with Gasteiger partial charge in [-0.05, 0) is 24.2 Å². The van der Waals surface area contributed by atoms with Crippen molar-refractivity contribution in [2.24, 2.45) is 17.8 Å². The maximum absolute atomic E-state index is 6.56. The van der Waals surface area contributed by atoms with Crippen LogP contribution in [0.15, 0.2) is 0 Å². The standard InChI is InChI=1S/C15H29B/c1-12(2)11-14-7-5-6-9-15(16,10-8-14)13(3)4/h12-14H,5-11H2,1-4H3. The van der Waals surface area contributed by atoms with Crippen LogP contribution >= 0.6 is 0 Å². The van der Waals surface area contributed by atoms with Gasteiger partial charge in [-0.1, -0.05) is 71.5 Å². The van der Waals surface area contributed by atoms with Crippen molar-refractivity contribution in [2.45, 2.75) is 78.0 Å². The van der Waals surface area contributed by atoms with Crippen LogP contribution in [0.4, 0.5) is 0 Å². The van der Waals surface area contributed by atoms with Crippen LogP contribution in [-0.2, 0) is 0 Å². The summed E-state index contributed by atoms with van der Waals surface area (Å²) in [6.07, 6.45) is 9.39. The largest absolute Gasteiger partial charge is 0.0749 e. The Labute approximate surface area is 104 Å². The van der Waals surface area contributed by atoms with Crippen molar-refractivity contribution in [3.8, 4) is 0 Å². The molecule has 16 heavy (non-hydrogen) atoms. The Morgan fingerprint density at radius 2 is 1.75 bits per heavy atom. The molecule has 0 N–H and O–H groups in total. The van der Waals surface area contributed by atoms with Crippen molar-refractivity contribution in [3.05, 3.63) is 0 Å². The quantitative estimate of drug-likeness (QED) is 0.588. The predicted octanol–water partition coefficient (Wildman–Crippen LogP) is 4.99. The van der Waals surface area contributed by atoms with Crippen LogP contribution in [0.25, 0.3) is 0 Å². The molecule has 0 spiro atoms. The molecule has 1 aliphatic carbocycles. The summed E-state index contributed by atoms with van der Waals surface area (Å²) in [5, 5.41) is 0.121. The van der Waals surface area contributed by atoms with Gasteiger partial charge in [-0.25, -0.2) is 0 Å². The lowest BCUT2D eigenvalue weighted by atomic mass is 9.55. The first kappa shape index (κ1) is 14.1. The van der Waals surface area contributed by atoms with Crippen molar-refractivity contribution < 1.29 is 0 Å². The van der Waals surface area contributed by atoms with Gasteiger partial charge in [0.1, 0.15) is 0 Å². The molecule has 92 valence electrons. The second-order valence-electron chi connectivity index (χ2n) is 6.67. The zero-order chi connectivity index (χ0) is 12.2. The minimum absolute atomic E-state index is 0.121. The molecule has 0 saturated heterocycles. The molecule has 0 heterocycles. The first-order chi connectivity index (χ1) is 7.44. The molecule has 0 aromatic heterocycles. The molecule has 0 bridgehead atoms. The third-order valence-electron chi connectivity index (χ3n) is 4.48. The Morgan fingerprint density at radius 3 is 2.31 bits per heavy atom. The molecular weight excluding hydrogens is 191 g/mol. The van der Waals surface area contributed by atoms with Gasteiger partial charge < -0.3 is 0 Å². The Hall–Kier alpha value is 0.0649. The van der Waals surface area contributed by atoms with Crippen molar-refractivity contribution >= 4 is 7.85 Å². The summed E-state index contributed by atoms with van der Waals surface area (Å²) in [5.74, 6) is 2.41. The first-order valence-corrected chi connectivity index (χ1v) is 7.23. The van der Waals surface area contributed by atoms with Crippen molar-refractivity contribution in [1.29, 1.82) is 0 Å². The Kier molecular flexibility index (Phi) is 5.40. The van der Waals surface area contributed by atoms with Gasteiger partial charge in [0.25, 0.3) is 0 Å². The van der Waals surface area contributed by atoms with Gasteiger partial charge in [-0.15, -0.1) is 0 Å². The fourth-order valence-corrected chi connectivity index (χ4v) is 3.11.